The van der Waals surface area contributed by atoms with Gasteiger partial charge < -0.3 is 18.5 Å². The lowest BCUT2D eigenvalue weighted by Crippen LogP contribution is -2.25. The van der Waals surface area contributed by atoms with Crippen molar-refractivity contribution in [1.82, 2.24) is 0 Å². The van der Waals surface area contributed by atoms with Gasteiger partial charge in [-0.15, -0.1) is 0 Å². The predicted octanol–water partition coefficient (Wildman–Crippen LogP) is 3.70. The summed E-state index contributed by atoms with van der Waals surface area (Å²) < 4.78 is 35.2. The zero-order valence-electron chi connectivity index (χ0n) is 17.6. The summed E-state index contributed by atoms with van der Waals surface area (Å²) in [4.78, 5) is 22.7. The van der Waals surface area contributed by atoms with Crippen LogP contribution in [-0.2, 0) is 32.7 Å². The first kappa shape index (κ1) is 24.8. The number of aryl methyl sites for hydroxylation is 3. The van der Waals surface area contributed by atoms with Crippen LogP contribution in [0.15, 0.2) is 37.4 Å². The van der Waals surface area contributed by atoms with Crippen LogP contribution in [0, 0.1) is 20.8 Å². The van der Waals surface area contributed by atoms with Crippen LogP contribution in [0.2, 0.25) is 0 Å². The van der Waals surface area contributed by atoms with Crippen molar-refractivity contribution in [2.45, 2.75) is 46.8 Å². The molecular weight excluding hydrogens is 395 g/mol. The van der Waals surface area contributed by atoms with Crippen molar-refractivity contribution in [2.75, 3.05) is 13.2 Å². The van der Waals surface area contributed by atoms with Gasteiger partial charge in [0.1, 0.15) is 12.2 Å². The highest BCUT2D eigenvalue weighted by Crippen LogP contribution is 2.49. The third-order valence-corrected chi connectivity index (χ3v) is 6.07. The van der Waals surface area contributed by atoms with Crippen molar-refractivity contribution in [3.63, 3.8) is 0 Å². The van der Waals surface area contributed by atoms with Crippen LogP contribution in [-0.4, -0.2) is 37.4 Å². The van der Waals surface area contributed by atoms with Crippen molar-refractivity contribution in [3.05, 3.63) is 54.1 Å². The van der Waals surface area contributed by atoms with Crippen LogP contribution >= 0.6 is 7.60 Å². The number of hydrogen-bond acceptors (Lipinski definition) is 7. The topological polar surface area (TPSA) is 88.1 Å². The molecule has 29 heavy (non-hydrogen) atoms. The van der Waals surface area contributed by atoms with Crippen molar-refractivity contribution in [2.24, 2.45) is 0 Å². The van der Waals surface area contributed by atoms with Gasteiger partial charge in [0.25, 0.3) is 0 Å². The quantitative estimate of drug-likeness (QED) is 0.304. The Labute approximate surface area is 172 Å². The number of hydrogen-bond donors (Lipinski definition) is 0. The molecule has 0 aliphatic rings. The summed E-state index contributed by atoms with van der Waals surface area (Å²) in [6.45, 7) is 15.2. The van der Waals surface area contributed by atoms with E-state index in [-0.39, 0.29) is 13.2 Å². The summed E-state index contributed by atoms with van der Waals surface area (Å²) in [6.07, 6.45) is 0.742. The molecule has 1 aromatic carbocycles. The van der Waals surface area contributed by atoms with E-state index in [0.717, 1.165) is 28.8 Å². The Balaban J connectivity index is 3.09. The molecule has 7 nitrogen and oxygen atoms in total. The highest BCUT2D eigenvalue weighted by molar-refractivity contribution is 7.62. The maximum atomic E-state index is 13.7. The van der Waals surface area contributed by atoms with Crippen molar-refractivity contribution in [1.29, 1.82) is 0 Å². The molecule has 0 radical (unpaired) electrons. The summed E-state index contributed by atoms with van der Waals surface area (Å²) in [5, 5.41) is 0.438. The van der Waals surface area contributed by atoms with Crippen molar-refractivity contribution >= 4 is 24.8 Å². The minimum absolute atomic E-state index is 0.148. The van der Waals surface area contributed by atoms with Gasteiger partial charge >= 0.3 is 19.5 Å². The van der Waals surface area contributed by atoms with E-state index in [1.54, 1.807) is 13.8 Å². The first-order valence-electron chi connectivity index (χ1n) is 9.16. The smallest absolute Gasteiger partial charge is 0.362 e. The van der Waals surface area contributed by atoms with E-state index in [0.29, 0.717) is 5.30 Å². The minimum atomic E-state index is -3.81. The zero-order valence-corrected chi connectivity index (χ0v) is 18.5. The molecule has 2 atom stereocenters. The Morgan fingerprint density at radius 3 is 1.66 bits per heavy atom. The van der Waals surface area contributed by atoms with Gasteiger partial charge in [0.15, 0.2) is 0 Å². The molecule has 0 spiro atoms. The summed E-state index contributed by atoms with van der Waals surface area (Å²) in [5.41, 5.74) is 2.51. The van der Waals surface area contributed by atoms with Gasteiger partial charge in [-0.25, -0.2) is 9.59 Å². The van der Waals surface area contributed by atoms with E-state index in [4.69, 9.17) is 18.5 Å². The van der Waals surface area contributed by atoms with Crippen LogP contribution in [0.1, 0.15) is 30.5 Å². The predicted molar refractivity (Wildman–Crippen MR) is 111 cm³/mol. The van der Waals surface area contributed by atoms with Crippen LogP contribution < -0.4 is 5.30 Å². The lowest BCUT2D eigenvalue weighted by Gasteiger charge is -2.25. The third kappa shape index (κ3) is 7.61. The molecule has 160 valence electrons. The van der Waals surface area contributed by atoms with E-state index < -0.39 is 31.7 Å². The molecule has 1 aromatic rings. The number of carbonyl (C=O) groups is 2. The Hall–Kier alpha value is -2.21. The second-order valence-electron chi connectivity index (χ2n) is 6.74. The van der Waals surface area contributed by atoms with E-state index >= 15 is 0 Å². The molecule has 0 amide bonds. The van der Waals surface area contributed by atoms with Crippen molar-refractivity contribution < 1.29 is 32.7 Å². The fourth-order valence-electron chi connectivity index (χ4n) is 2.74. The standard InChI is InChI=1S/C21H29O7P/c1-8-19(22)27-17(6)12-25-29(24,26-13-18(7)28-20(23)9-2)21-15(4)10-14(3)11-16(21)5/h8-11,17-18H,1-2,12-13H2,3-7H3. The van der Waals surface area contributed by atoms with Gasteiger partial charge in [0.05, 0.1) is 18.5 Å². The highest BCUT2D eigenvalue weighted by Gasteiger charge is 2.33. The summed E-state index contributed by atoms with van der Waals surface area (Å²) in [5.74, 6) is -1.21. The average molecular weight is 424 g/mol. The fourth-order valence-corrected chi connectivity index (χ4v) is 4.88. The maximum absolute atomic E-state index is 13.7. The van der Waals surface area contributed by atoms with Crippen LogP contribution in [0.3, 0.4) is 0 Å². The minimum Gasteiger partial charge on any atom is -0.457 e. The molecule has 0 aliphatic carbocycles. The molecule has 1 rings (SSSR count). The van der Waals surface area contributed by atoms with E-state index in [1.165, 1.54) is 0 Å². The molecule has 0 aromatic heterocycles. The van der Waals surface area contributed by atoms with E-state index in [1.807, 2.05) is 32.9 Å². The molecule has 8 heteroatoms. The molecule has 0 saturated carbocycles. The second kappa shape index (κ2) is 11.1. The molecule has 0 fully saturated rings. The molecule has 0 N–H and O–H groups in total. The molecule has 2 unspecified atom stereocenters. The SMILES string of the molecule is C=CC(=O)OC(C)COP(=O)(OCC(C)OC(=O)C=C)c1c(C)cc(C)cc1C. The van der Waals surface area contributed by atoms with Gasteiger partial charge in [0.2, 0.25) is 0 Å². The van der Waals surface area contributed by atoms with E-state index in [9.17, 15) is 14.2 Å². The second-order valence-corrected chi connectivity index (χ2v) is 8.70. The third-order valence-electron chi connectivity index (χ3n) is 3.84. The van der Waals surface area contributed by atoms with Crippen molar-refractivity contribution in [3.8, 4) is 0 Å². The molecular formula is C21H29O7P. The molecule has 0 saturated heterocycles. The van der Waals surface area contributed by atoms with E-state index in [2.05, 4.69) is 13.2 Å². The normalized spacial score (nSPS) is 14.9. The van der Waals surface area contributed by atoms with Crippen LogP contribution in [0.25, 0.3) is 0 Å². The van der Waals surface area contributed by atoms with Crippen LogP contribution in [0.5, 0.6) is 0 Å². The van der Waals surface area contributed by atoms with Gasteiger partial charge in [-0.05, 0) is 45.7 Å². The number of ether oxygens (including phenoxy) is 2. The zero-order chi connectivity index (χ0) is 22.2. The van der Waals surface area contributed by atoms with Gasteiger partial charge in [0, 0.05) is 12.2 Å². The highest BCUT2D eigenvalue weighted by atomic mass is 31.2. The summed E-state index contributed by atoms with van der Waals surface area (Å²) in [7, 11) is -3.81. The van der Waals surface area contributed by atoms with Crippen LogP contribution in [0.4, 0.5) is 0 Å². The Bertz CT molecular complexity index is 756. The Morgan fingerprint density at radius 2 is 1.31 bits per heavy atom. The Morgan fingerprint density at radius 1 is 0.931 bits per heavy atom. The molecule has 0 bridgehead atoms. The first-order valence-corrected chi connectivity index (χ1v) is 10.7. The molecule has 0 heterocycles. The Kier molecular flexibility index (Phi) is 9.50. The number of carbonyl (C=O) groups excluding carboxylic acids is 2. The summed E-state index contributed by atoms with van der Waals surface area (Å²) >= 11 is 0. The maximum Gasteiger partial charge on any atom is 0.362 e. The molecule has 0 aliphatic heterocycles. The monoisotopic (exact) mass is 424 g/mol. The summed E-state index contributed by atoms with van der Waals surface area (Å²) in [6, 6.07) is 3.76. The largest absolute Gasteiger partial charge is 0.457 e. The van der Waals surface area contributed by atoms with Gasteiger partial charge in [-0.3, -0.25) is 4.57 Å². The fraction of sp³-hybridized carbons (Fsp3) is 0.429. The lowest BCUT2D eigenvalue weighted by atomic mass is 10.1. The first-order chi connectivity index (χ1) is 13.5. The number of benzene rings is 1. The van der Waals surface area contributed by atoms with Gasteiger partial charge in [-0.2, -0.15) is 0 Å². The number of rotatable bonds is 11. The van der Waals surface area contributed by atoms with Gasteiger partial charge in [-0.1, -0.05) is 30.9 Å². The lowest BCUT2D eigenvalue weighted by molar-refractivity contribution is -0.143. The average Bonchev–Trinajstić information content (AvgIpc) is 2.63. The number of esters is 2.